The van der Waals surface area contributed by atoms with Crippen LogP contribution in [0.2, 0.25) is 0 Å². The molecule has 0 unspecified atom stereocenters. The zero-order valence-corrected chi connectivity index (χ0v) is 15.9. The first kappa shape index (κ1) is 18.6. The van der Waals surface area contributed by atoms with Crippen molar-refractivity contribution in [1.29, 1.82) is 0 Å². The van der Waals surface area contributed by atoms with E-state index in [1.165, 1.54) is 6.92 Å². The highest BCUT2D eigenvalue weighted by atomic mass is 32.1. The minimum absolute atomic E-state index is 0.0288. The maximum atomic E-state index is 12.9. The van der Waals surface area contributed by atoms with E-state index in [0.29, 0.717) is 13.1 Å². The van der Waals surface area contributed by atoms with Crippen LogP contribution in [-0.2, 0) is 14.3 Å². The predicted molar refractivity (Wildman–Crippen MR) is 102 cm³/mol. The molecule has 26 heavy (non-hydrogen) atoms. The van der Waals surface area contributed by atoms with Crippen LogP contribution in [0.3, 0.4) is 0 Å². The summed E-state index contributed by atoms with van der Waals surface area (Å²) in [7, 11) is 0. The molecule has 0 aliphatic carbocycles. The molecule has 0 radical (unpaired) electrons. The Bertz CT molecular complexity index is 733. The second-order valence-electron chi connectivity index (χ2n) is 6.62. The molecule has 5 nitrogen and oxygen atoms in total. The van der Waals surface area contributed by atoms with E-state index < -0.39 is 0 Å². The molecule has 0 saturated carbocycles. The van der Waals surface area contributed by atoms with Crippen LogP contribution >= 0.6 is 11.3 Å². The summed E-state index contributed by atoms with van der Waals surface area (Å²) in [5, 5.41) is 4.85. The molecule has 3 rings (SSSR count). The van der Waals surface area contributed by atoms with Crippen LogP contribution in [0.15, 0.2) is 47.8 Å². The highest BCUT2D eigenvalue weighted by Crippen LogP contribution is 2.28. The first-order chi connectivity index (χ1) is 12.5. The van der Waals surface area contributed by atoms with Gasteiger partial charge in [-0.25, -0.2) is 0 Å². The van der Waals surface area contributed by atoms with E-state index >= 15 is 0 Å². The molecular weight excluding hydrogens is 348 g/mol. The molecule has 2 heterocycles. The van der Waals surface area contributed by atoms with Gasteiger partial charge in [-0.1, -0.05) is 36.4 Å². The van der Waals surface area contributed by atoms with Crippen LogP contribution in [-0.4, -0.2) is 35.9 Å². The fraction of sp³-hybridized carbons (Fsp3) is 0.400. The fourth-order valence-corrected chi connectivity index (χ4v) is 4.05. The van der Waals surface area contributed by atoms with Gasteiger partial charge in [0.1, 0.15) is 6.10 Å². The van der Waals surface area contributed by atoms with Crippen LogP contribution < -0.4 is 5.32 Å². The average molecular weight is 372 g/mol. The number of nitrogens with zero attached hydrogens (tertiary/aromatic N) is 1. The van der Waals surface area contributed by atoms with Crippen LogP contribution in [0.4, 0.5) is 0 Å². The molecule has 2 amide bonds. The van der Waals surface area contributed by atoms with Crippen molar-refractivity contribution in [2.45, 2.75) is 38.5 Å². The molecule has 0 bridgehead atoms. The second-order valence-corrected chi connectivity index (χ2v) is 7.60. The number of hydrogen-bond donors (Lipinski definition) is 1. The third-order valence-corrected chi connectivity index (χ3v) is 5.41. The highest BCUT2D eigenvalue weighted by Gasteiger charge is 2.31. The van der Waals surface area contributed by atoms with Crippen molar-refractivity contribution in [3.05, 3.63) is 58.3 Å². The van der Waals surface area contributed by atoms with E-state index in [4.69, 9.17) is 4.74 Å². The lowest BCUT2D eigenvalue weighted by molar-refractivity contribution is -0.145. The SMILES string of the molecule is CC(=O)N[C@H](CC(=O)N1C[C@@H](c2ccccc2)O[C@@H](C)C1)c1cccs1. The summed E-state index contributed by atoms with van der Waals surface area (Å²) in [6, 6.07) is 13.6. The van der Waals surface area contributed by atoms with Crippen molar-refractivity contribution in [3.8, 4) is 0 Å². The van der Waals surface area contributed by atoms with Crippen molar-refractivity contribution >= 4 is 23.2 Å². The molecule has 1 aliphatic rings. The Morgan fingerprint density at radius 1 is 1.23 bits per heavy atom. The van der Waals surface area contributed by atoms with Gasteiger partial charge in [-0.2, -0.15) is 0 Å². The molecule has 0 spiro atoms. The Balaban J connectivity index is 1.70. The second kappa shape index (κ2) is 8.47. The van der Waals surface area contributed by atoms with Crippen LogP contribution in [0.5, 0.6) is 0 Å². The normalized spacial score (nSPS) is 21.2. The first-order valence-electron chi connectivity index (χ1n) is 8.81. The Labute approximate surface area is 158 Å². The monoisotopic (exact) mass is 372 g/mol. The zero-order chi connectivity index (χ0) is 18.5. The number of ether oxygens (including phenoxy) is 1. The summed E-state index contributed by atoms with van der Waals surface area (Å²) in [5.74, 6) is -0.0954. The molecular formula is C20H24N2O3S. The van der Waals surface area contributed by atoms with E-state index in [1.54, 1.807) is 11.3 Å². The third-order valence-electron chi connectivity index (χ3n) is 4.43. The molecule has 2 aromatic rings. The van der Waals surface area contributed by atoms with Crippen molar-refractivity contribution in [2.24, 2.45) is 0 Å². The number of carbonyl (C=O) groups is 2. The lowest BCUT2D eigenvalue weighted by Crippen LogP contribution is -2.47. The summed E-state index contributed by atoms with van der Waals surface area (Å²) in [6.07, 6.45) is 0.109. The van der Waals surface area contributed by atoms with E-state index in [2.05, 4.69) is 5.32 Å². The zero-order valence-electron chi connectivity index (χ0n) is 15.1. The molecule has 1 aromatic heterocycles. The molecule has 1 saturated heterocycles. The van der Waals surface area contributed by atoms with Gasteiger partial charge >= 0.3 is 0 Å². The minimum atomic E-state index is -0.284. The van der Waals surface area contributed by atoms with Gasteiger partial charge in [0.05, 0.1) is 25.1 Å². The number of carbonyl (C=O) groups excluding carboxylic acids is 2. The van der Waals surface area contributed by atoms with E-state index in [0.717, 1.165) is 10.4 Å². The predicted octanol–water partition coefficient (Wildman–Crippen LogP) is 3.30. The number of hydrogen-bond acceptors (Lipinski definition) is 4. The molecule has 3 atom stereocenters. The maximum absolute atomic E-state index is 12.9. The van der Waals surface area contributed by atoms with E-state index in [1.807, 2.05) is 59.7 Å². The van der Waals surface area contributed by atoms with E-state index in [-0.39, 0.29) is 36.5 Å². The summed E-state index contributed by atoms with van der Waals surface area (Å²) in [4.78, 5) is 27.3. The Morgan fingerprint density at radius 3 is 2.65 bits per heavy atom. The maximum Gasteiger partial charge on any atom is 0.225 e. The van der Waals surface area contributed by atoms with Gasteiger partial charge in [-0.3, -0.25) is 9.59 Å². The smallest absolute Gasteiger partial charge is 0.225 e. The number of thiophene rings is 1. The third kappa shape index (κ3) is 4.71. The summed E-state index contributed by atoms with van der Waals surface area (Å²) in [5.41, 5.74) is 1.08. The minimum Gasteiger partial charge on any atom is -0.367 e. The van der Waals surface area contributed by atoms with Crippen LogP contribution in [0.25, 0.3) is 0 Å². The molecule has 1 aliphatic heterocycles. The molecule has 1 N–H and O–H groups in total. The highest BCUT2D eigenvalue weighted by molar-refractivity contribution is 7.10. The van der Waals surface area contributed by atoms with Gasteiger partial charge in [0.15, 0.2) is 0 Å². The van der Waals surface area contributed by atoms with Crippen LogP contribution in [0, 0.1) is 0 Å². The van der Waals surface area contributed by atoms with Gasteiger partial charge in [-0.15, -0.1) is 11.3 Å². The molecule has 1 fully saturated rings. The summed E-state index contributed by atoms with van der Waals surface area (Å²) < 4.78 is 6.03. The molecule has 6 heteroatoms. The van der Waals surface area contributed by atoms with Crippen molar-refractivity contribution < 1.29 is 14.3 Å². The fourth-order valence-electron chi connectivity index (χ4n) is 3.27. The lowest BCUT2D eigenvalue weighted by Gasteiger charge is -2.37. The number of morpholine rings is 1. The van der Waals surface area contributed by atoms with Crippen molar-refractivity contribution in [1.82, 2.24) is 10.2 Å². The largest absolute Gasteiger partial charge is 0.367 e. The molecule has 138 valence electrons. The number of amides is 2. The topological polar surface area (TPSA) is 58.6 Å². The Hall–Kier alpha value is -2.18. The van der Waals surface area contributed by atoms with Gasteiger partial charge < -0.3 is 15.0 Å². The number of nitrogens with one attached hydrogen (secondary N) is 1. The van der Waals surface area contributed by atoms with E-state index in [9.17, 15) is 9.59 Å². The van der Waals surface area contributed by atoms with Crippen molar-refractivity contribution in [3.63, 3.8) is 0 Å². The Kier molecular flexibility index (Phi) is 6.06. The summed E-state index contributed by atoms with van der Waals surface area (Å²) in [6.45, 7) is 4.57. The average Bonchev–Trinajstić information content (AvgIpc) is 3.15. The van der Waals surface area contributed by atoms with Crippen molar-refractivity contribution in [2.75, 3.05) is 13.1 Å². The van der Waals surface area contributed by atoms with Crippen LogP contribution in [0.1, 0.15) is 42.9 Å². The quantitative estimate of drug-likeness (QED) is 0.876. The van der Waals surface area contributed by atoms with Gasteiger partial charge in [0.2, 0.25) is 11.8 Å². The van der Waals surface area contributed by atoms with Gasteiger partial charge in [0.25, 0.3) is 0 Å². The van der Waals surface area contributed by atoms with Gasteiger partial charge in [0, 0.05) is 18.3 Å². The summed E-state index contributed by atoms with van der Waals surface area (Å²) >= 11 is 1.55. The lowest BCUT2D eigenvalue weighted by atomic mass is 10.1. The number of benzene rings is 1. The standard InChI is InChI=1S/C20H24N2O3S/c1-14-12-22(13-18(25-14)16-7-4-3-5-8-16)20(24)11-17(21-15(2)23)19-9-6-10-26-19/h3-10,14,17-18H,11-13H2,1-2H3,(H,21,23)/t14-,17+,18-/m0/s1. The Morgan fingerprint density at radius 2 is 2.00 bits per heavy atom. The van der Waals surface area contributed by atoms with Gasteiger partial charge in [-0.05, 0) is 23.9 Å². The first-order valence-corrected chi connectivity index (χ1v) is 9.69. The molecule has 1 aromatic carbocycles. The number of rotatable bonds is 5.